The van der Waals surface area contributed by atoms with Gasteiger partial charge >= 0.3 is 0 Å². The van der Waals surface area contributed by atoms with Crippen LogP contribution in [0.5, 0.6) is 5.75 Å². The summed E-state index contributed by atoms with van der Waals surface area (Å²) in [5.74, 6) is 0.960. The Kier molecular flexibility index (Phi) is 6.73. The predicted molar refractivity (Wildman–Crippen MR) is 86.2 cm³/mol. The van der Waals surface area contributed by atoms with Crippen molar-refractivity contribution in [1.29, 1.82) is 0 Å². The minimum Gasteiger partial charge on any atom is -0.494 e. The molecular weight excluding hydrogens is 254 g/mol. The molecular formula is C16H27NOS. The zero-order valence-electron chi connectivity index (χ0n) is 12.8. The van der Waals surface area contributed by atoms with Gasteiger partial charge in [0.2, 0.25) is 0 Å². The van der Waals surface area contributed by atoms with Gasteiger partial charge < -0.3 is 10.1 Å². The average molecular weight is 281 g/mol. The molecule has 19 heavy (non-hydrogen) atoms. The van der Waals surface area contributed by atoms with Gasteiger partial charge in [-0.15, -0.1) is 0 Å². The van der Waals surface area contributed by atoms with Crippen molar-refractivity contribution in [2.24, 2.45) is 0 Å². The van der Waals surface area contributed by atoms with Crippen LogP contribution in [0.2, 0.25) is 0 Å². The second-order valence-corrected chi connectivity index (χ2v) is 7.00. The Morgan fingerprint density at radius 1 is 1.26 bits per heavy atom. The Morgan fingerprint density at radius 3 is 2.42 bits per heavy atom. The molecule has 1 aromatic carbocycles. The zero-order valence-corrected chi connectivity index (χ0v) is 13.6. The summed E-state index contributed by atoms with van der Waals surface area (Å²) in [6, 6.07) is 8.78. The molecule has 3 heteroatoms. The monoisotopic (exact) mass is 281 g/mol. The quantitative estimate of drug-likeness (QED) is 0.769. The molecule has 0 aliphatic carbocycles. The lowest BCUT2D eigenvalue weighted by Gasteiger charge is -2.25. The first-order valence-electron chi connectivity index (χ1n) is 7.00. The number of thioether (sulfide) groups is 1. The van der Waals surface area contributed by atoms with Crippen molar-refractivity contribution in [3.8, 4) is 5.75 Å². The molecule has 0 saturated carbocycles. The van der Waals surface area contributed by atoms with Crippen LogP contribution in [0.1, 0.15) is 45.7 Å². The Hall–Kier alpha value is -0.670. The molecule has 0 amide bonds. The number of nitrogens with one attached hydrogen (secondary N) is 1. The SMILES string of the molecule is CCCOc1ccc(C(C)NCC(C)(C)SC)cc1. The second kappa shape index (κ2) is 7.81. The number of hydrogen-bond donors (Lipinski definition) is 1. The molecule has 0 fully saturated rings. The first kappa shape index (κ1) is 16.4. The summed E-state index contributed by atoms with van der Waals surface area (Å²) in [7, 11) is 0. The fraction of sp³-hybridized carbons (Fsp3) is 0.625. The fourth-order valence-corrected chi connectivity index (χ4v) is 1.89. The van der Waals surface area contributed by atoms with Crippen LogP contribution in [-0.2, 0) is 0 Å². The largest absolute Gasteiger partial charge is 0.494 e. The number of benzene rings is 1. The molecule has 0 aromatic heterocycles. The van der Waals surface area contributed by atoms with E-state index in [1.165, 1.54) is 5.56 Å². The standard InChI is InChI=1S/C16H27NOS/c1-6-11-18-15-9-7-14(8-10-15)13(2)17-12-16(3,4)19-5/h7-10,13,17H,6,11-12H2,1-5H3. The summed E-state index contributed by atoms with van der Waals surface area (Å²) in [6.45, 7) is 10.6. The van der Waals surface area contributed by atoms with Crippen LogP contribution in [0.3, 0.4) is 0 Å². The molecule has 0 heterocycles. The molecule has 2 nitrogen and oxygen atoms in total. The molecule has 0 spiro atoms. The molecule has 108 valence electrons. The van der Waals surface area contributed by atoms with Crippen LogP contribution in [0, 0.1) is 0 Å². The summed E-state index contributed by atoms with van der Waals surface area (Å²) in [5.41, 5.74) is 1.31. The number of ether oxygens (including phenoxy) is 1. The molecule has 1 atom stereocenters. The third-order valence-corrected chi connectivity index (χ3v) is 4.49. The lowest BCUT2D eigenvalue weighted by Crippen LogP contribution is -2.33. The van der Waals surface area contributed by atoms with Crippen LogP contribution in [0.25, 0.3) is 0 Å². The third-order valence-electron chi connectivity index (χ3n) is 3.24. The molecule has 1 N–H and O–H groups in total. The normalized spacial score (nSPS) is 13.3. The minimum atomic E-state index is 0.276. The maximum atomic E-state index is 5.60. The first-order valence-corrected chi connectivity index (χ1v) is 8.22. The maximum absolute atomic E-state index is 5.60. The van der Waals surface area contributed by atoms with Gasteiger partial charge in [0, 0.05) is 17.3 Å². The molecule has 1 aromatic rings. The van der Waals surface area contributed by atoms with Crippen molar-refractivity contribution in [2.75, 3.05) is 19.4 Å². The van der Waals surface area contributed by atoms with Gasteiger partial charge in [-0.2, -0.15) is 11.8 Å². The minimum absolute atomic E-state index is 0.276. The average Bonchev–Trinajstić information content (AvgIpc) is 2.43. The molecule has 0 aliphatic heterocycles. The lowest BCUT2D eigenvalue weighted by molar-refractivity contribution is 0.317. The topological polar surface area (TPSA) is 21.3 Å². The van der Waals surface area contributed by atoms with Gasteiger partial charge in [0.25, 0.3) is 0 Å². The summed E-state index contributed by atoms with van der Waals surface area (Å²) < 4.78 is 5.87. The summed E-state index contributed by atoms with van der Waals surface area (Å²) >= 11 is 1.89. The summed E-state index contributed by atoms with van der Waals surface area (Å²) in [5, 5.41) is 3.59. The number of hydrogen-bond acceptors (Lipinski definition) is 3. The lowest BCUT2D eigenvalue weighted by atomic mass is 10.1. The van der Waals surface area contributed by atoms with Crippen LogP contribution in [0.15, 0.2) is 24.3 Å². The Bertz CT molecular complexity index is 362. The van der Waals surface area contributed by atoms with E-state index in [4.69, 9.17) is 4.74 Å². The van der Waals surface area contributed by atoms with E-state index in [2.05, 4.69) is 63.5 Å². The van der Waals surface area contributed by atoms with Gasteiger partial charge in [0.05, 0.1) is 6.61 Å². The van der Waals surface area contributed by atoms with Crippen LogP contribution >= 0.6 is 11.8 Å². The number of rotatable bonds is 8. The highest BCUT2D eigenvalue weighted by Gasteiger charge is 2.17. The van der Waals surface area contributed by atoms with Gasteiger partial charge in [0.1, 0.15) is 5.75 Å². The van der Waals surface area contributed by atoms with Crippen molar-refractivity contribution in [1.82, 2.24) is 5.32 Å². The predicted octanol–water partition coefficient (Wildman–Crippen LogP) is 4.27. The first-order chi connectivity index (χ1) is 8.98. The molecule has 0 radical (unpaired) electrons. The summed E-state index contributed by atoms with van der Waals surface area (Å²) in [4.78, 5) is 0. The third kappa shape index (κ3) is 5.87. The zero-order chi connectivity index (χ0) is 14.3. The molecule has 1 rings (SSSR count). The second-order valence-electron chi connectivity index (χ2n) is 5.48. The van der Waals surface area contributed by atoms with Crippen LogP contribution < -0.4 is 10.1 Å². The fourth-order valence-electron chi connectivity index (χ4n) is 1.66. The Labute approximate surface area is 122 Å². The van der Waals surface area contributed by atoms with Crippen LogP contribution in [-0.4, -0.2) is 24.2 Å². The van der Waals surface area contributed by atoms with Crippen molar-refractivity contribution in [3.05, 3.63) is 29.8 Å². The van der Waals surface area contributed by atoms with E-state index in [0.717, 1.165) is 25.3 Å². The molecule has 0 saturated heterocycles. The highest BCUT2D eigenvalue weighted by molar-refractivity contribution is 7.99. The van der Waals surface area contributed by atoms with E-state index >= 15 is 0 Å². The Balaban J connectivity index is 2.50. The smallest absolute Gasteiger partial charge is 0.119 e. The van der Waals surface area contributed by atoms with Gasteiger partial charge in [0.15, 0.2) is 0 Å². The van der Waals surface area contributed by atoms with Crippen molar-refractivity contribution < 1.29 is 4.74 Å². The van der Waals surface area contributed by atoms with E-state index in [1.54, 1.807) is 0 Å². The van der Waals surface area contributed by atoms with Crippen molar-refractivity contribution in [3.63, 3.8) is 0 Å². The van der Waals surface area contributed by atoms with Gasteiger partial charge in [-0.05, 0) is 51.1 Å². The molecule has 1 unspecified atom stereocenters. The maximum Gasteiger partial charge on any atom is 0.119 e. The van der Waals surface area contributed by atoms with Crippen molar-refractivity contribution >= 4 is 11.8 Å². The highest BCUT2D eigenvalue weighted by Crippen LogP contribution is 2.22. The molecule has 0 bridgehead atoms. The Morgan fingerprint density at radius 2 is 1.89 bits per heavy atom. The van der Waals surface area contributed by atoms with E-state index in [0.29, 0.717) is 6.04 Å². The van der Waals surface area contributed by atoms with E-state index in [9.17, 15) is 0 Å². The van der Waals surface area contributed by atoms with Gasteiger partial charge in [-0.1, -0.05) is 19.1 Å². The van der Waals surface area contributed by atoms with E-state index in [1.807, 2.05) is 11.8 Å². The van der Waals surface area contributed by atoms with Gasteiger partial charge in [-0.25, -0.2) is 0 Å². The highest BCUT2D eigenvalue weighted by atomic mass is 32.2. The van der Waals surface area contributed by atoms with Crippen molar-refractivity contribution in [2.45, 2.75) is 44.9 Å². The molecule has 0 aliphatic rings. The van der Waals surface area contributed by atoms with E-state index < -0.39 is 0 Å². The van der Waals surface area contributed by atoms with E-state index in [-0.39, 0.29) is 4.75 Å². The van der Waals surface area contributed by atoms with Gasteiger partial charge in [-0.3, -0.25) is 0 Å². The summed E-state index contributed by atoms with van der Waals surface area (Å²) in [6.07, 6.45) is 3.20. The van der Waals surface area contributed by atoms with Crippen LogP contribution in [0.4, 0.5) is 0 Å².